The minimum atomic E-state index is -0.142. The van der Waals surface area contributed by atoms with Crippen molar-refractivity contribution in [1.29, 1.82) is 5.26 Å². The van der Waals surface area contributed by atoms with E-state index in [2.05, 4.69) is 26.3 Å². The van der Waals surface area contributed by atoms with Crippen molar-refractivity contribution in [1.82, 2.24) is 15.0 Å². The van der Waals surface area contributed by atoms with Gasteiger partial charge in [-0.05, 0) is 29.8 Å². The SMILES string of the molecule is N#Cc1ccc(NC(=O)CSc2ncnc3c(-c4ccccc4)c[nH]c23)cc1. The van der Waals surface area contributed by atoms with E-state index in [0.29, 0.717) is 11.3 Å². The Morgan fingerprint density at radius 3 is 2.64 bits per heavy atom. The van der Waals surface area contributed by atoms with Crippen LogP contribution in [0.2, 0.25) is 0 Å². The number of carbonyl (C=O) groups excluding carboxylic acids is 1. The topological polar surface area (TPSA) is 94.5 Å². The van der Waals surface area contributed by atoms with Gasteiger partial charge in [-0.15, -0.1) is 0 Å². The van der Waals surface area contributed by atoms with Gasteiger partial charge in [-0.25, -0.2) is 9.97 Å². The minimum Gasteiger partial charge on any atom is -0.357 e. The number of hydrogen-bond donors (Lipinski definition) is 2. The minimum absolute atomic E-state index is 0.142. The largest absolute Gasteiger partial charge is 0.357 e. The first-order chi connectivity index (χ1) is 13.7. The number of nitrogens with one attached hydrogen (secondary N) is 2. The fourth-order valence-electron chi connectivity index (χ4n) is 2.82. The molecule has 0 aliphatic carbocycles. The van der Waals surface area contributed by atoms with E-state index < -0.39 is 0 Å². The Bertz CT molecular complexity index is 1160. The van der Waals surface area contributed by atoms with Gasteiger partial charge in [-0.1, -0.05) is 42.1 Å². The van der Waals surface area contributed by atoms with Crippen LogP contribution < -0.4 is 5.32 Å². The number of fused-ring (bicyclic) bond motifs is 1. The van der Waals surface area contributed by atoms with Crippen molar-refractivity contribution in [2.75, 3.05) is 11.1 Å². The van der Waals surface area contributed by atoms with Crippen LogP contribution in [0.3, 0.4) is 0 Å². The lowest BCUT2D eigenvalue weighted by atomic mass is 10.1. The summed E-state index contributed by atoms with van der Waals surface area (Å²) in [5.41, 5.74) is 4.93. The van der Waals surface area contributed by atoms with E-state index >= 15 is 0 Å². The Morgan fingerprint density at radius 2 is 1.89 bits per heavy atom. The number of benzene rings is 2. The first-order valence-electron chi connectivity index (χ1n) is 8.55. The van der Waals surface area contributed by atoms with Gasteiger partial charge in [0.15, 0.2) is 0 Å². The lowest BCUT2D eigenvalue weighted by molar-refractivity contribution is -0.113. The fraction of sp³-hybridized carbons (Fsp3) is 0.0476. The number of aromatic amines is 1. The second-order valence-corrected chi connectivity index (χ2v) is 6.96. The Morgan fingerprint density at radius 1 is 1.11 bits per heavy atom. The molecular formula is C21H15N5OS. The van der Waals surface area contributed by atoms with Crippen LogP contribution >= 0.6 is 11.8 Å². The Labute approximate surface area is 165 Å². The van der Waals surface area contributed by atoms with Gasteiger partial charge in [0.05, 0.1) is 22.9 Å². The highest BCUT2D eigenvalue weighted by atomic mass is 32.2. The molecule has 2 aromatic carbocycles. The second-order valence-electron chi connectivity index (χ2n) is 6.00. The van der Waals surface area contributed by atoms with Crippen LogP contribution in [-0.4, -0.2) is 26.6 Å². The summed E-state index contributed by atoms with van der Waals surface area (Å²) < 4.78 is 0. The van der Waals surface area contributed by atoms with Gasteiger partial charge in [-0.2, -0.15) is 5.26 Å². The van der Waals surface area contributed by atoms with Crippen LogP contribution in [0.25, 0.3) is 22.2 Å². The average Bonchev–Trinajstić information content (AvgIpc) is 3.18. The first-order valence-corrected chi connectivity index (χ1v) is 9.53. The number of amides is 1. The molecule has 2 N–H and O–H groups in total. The number of thioether (sulfide) groups is 1. The number of aromatic nitrogens is 3. The molecule has 0 atom stereocenters. The molecule has 0 aliphatic heterocycles. The maximum Gasteiger partial charge on any atom is 0.234 e. The zero-order valence-corrected chi connectivity index (χ0v) is 15.5. The van der Waals surface area contributed by atoms with Crippen LogP contribution in [0.1, 0.15) is 5.56 Å². The van der Waals surface area contributed by atoms with Crippen molar-refractivity contribution in [3.63, 3.8) is 0 Å². The molecule has 4 rings (SSSR count). The summed E-state index contributed by atoms with van der Waals surface area (Å²) in [6.07, 6.45) is 3.43. The molecule has 0 unspecified atom stereocenters. The van der Waals surface area contributed by atoms with E-state index in [1.807, 2.05) is 36.5 Å². The van der Waals surface area contributed by atoms with Gasteiger partial charge in [-0.3, -0.25) is 4.79 Å². The first kappa shape index (κ1) is 17.8. The maximum atomic E-state index is 12.3. The molecule has 6 nitrogen and oxygen atoms in total. The summed E-state index contributed by atoms with van der Waals surface area (Å²) in [5, 5.41) is 12.4. The average molecular weight is 385 g/mol. The Kier molecular flexibility index (Phi) is 5.04. The second kappa shape index (κ2) is 7.94. The van der Waals surface area contributed by atoms with Crippen molar-refractivity contribution in [2.45, 2.75) is 5.03 Å². The van der Waals surface area contributed by atoms with Crippen LogP contribution in [0, 0.1) is 11.3 Å². The fourth-order valence-corrected chi connectivity index (χ4v) is 3.58. The van der Waals surface area contributed by atoms with E-state index in [4.69, 9.17) is 5.26 Å². The lowest BCUT2D eigenvalue weighted by Crippen LogP contribution is -2.14. The summed E-state index contributed by atoms with van der Waals surface area (Å²) in [5.74, 6) is 0.0718. The molecule has 0 aliphatic rings. The summed E-state index contributed by atoms with van der Waals surface area (Å²) >= 11 is 1.35. The molecule has 136 valence electrons. The monoisotopic (exact) mass is 385 g/mol. The van der Waals surface area contributed by atoms with E-state index in [0.717, 1.165) is 27.2 Å². The van der Waals surface area contributed by atoms with Crippen molar-refractivity contribution in [2.24, 2.45) is 0 Å². The highest BCUT2D eigenvalue weighted by Crippen LogP contribution is 2.31. The lowest BCUT2D eigenvalue weighted by Gasteiger charge is -2.05. The third kappa shape index (κ3) is 3.72. The standard InChI is InChI=1S/C21H15N5OS/c22-10-14-6-8-16(9-7-14)26-18(27)12-28-21-20-19(24-13-25-21)17(11-23-20)15-4-2-1-3-5-15/h1-9,11,13,23H,12H2,(H,26,27). The van der Waals surface area contributed by atoms with E-state index in [1.54, 1.807) is 24.3 Å². The molecule has 7 heteroatoms. The van der Waals surface area contributed by atoms with Gasteiger partial charge in [0.25, 0.3) is 0 Å². The number of nitriles is 1. The van der Waals surface area contributed by atoms with E-state index in [9.17, 15) is 4.79 Å². The number of carbonyl (C=O) groups is 1. The van der Waals surface area contributed by atoms with Crippen LogP contribution in [0.4, 0.5) is 5.69 Å². The molecular weight excluding hydrogens is 370 g/mol. The number of rotatable bonds is 5. The number of anilines is 1. The van der Waals surface area contributed by atoms with Crippen LogP contribution in [0.15, 0.2) is 72.1 Å². The smallest absolute Gasteiger partial charge is 0.234 e. The predicted molar refractivity (Wildman–Crippen MR) is 110 cm³/mol. The molecule has 4 aromatic rings. The number of H-pyrrole nitrogens is 1. The van der Waals surface area contributed by atoms with Crippen molar-refractivity contribution in [3.8, 4) is 17.2 Å². The summed E-state index contributed by atoms with van der Waals surface area (Å²) in [7, 11) is 0. The molecule has 0 spiro atoms. The van der Waals surface area contributed by atoms with Gasteiger partial charge < -0.3 is 10.3 Å². The maximum absolute atomic E-state index is 12.3. The summed E-state index contributed by atoms with van der Waals surface area (Å²) in [6, 6.07) is 18.8. The van der Waals surface area contributed by atoms with Gasteiger partial charge in [0.1, 0.15) is 16.9 Å². The molecule has 2 aromatic heterocycles. The predicted octanol–water partition coefficient (Wildman–Crippen LogP) is 4.23. The third-order valence-electron chi connectivity index (χ3n) is 4.15. The van der Waals surface area contributed by atoms with Gasteiger partial charge >= 0.3 is 0 Å². The molecule has 0 radical (unpaired) electrons. The quantitative estimate of drug-likeness (QED) is 0.396. The zero-order chi connectivity index (χ0) is 19.3. The number of nitrogens with zero attached hydrogens (tertiary/aromatic N) is 3. The molecule has 2 heterocycles. The van der Waals surface area contributed by atoms with Crippen LogP contribution in [-0.2, 0) is 4.79 Å². The van der Waals surface area contributed by atoms with Crippen LogP contribution in [0.5, 0.6) is 0 Å². The highest BCUT2D eigenvalue weighted by Gasteiger charge is 2.13. The highest BCUT2D eigenvalue weighted by molar-refractivity contribution is 8.00. The Hall–Kier alpha value is -3.63. The normalized spacial score (nSPS) is 10.5. The third-order valence-corrected chi connectivity index (χ3v) is 5.14. The molecule has 0 saturated carbocycles. The van der Waals surface area contributed by atoms with Crippen molar-refractivity contribution < 1.29 is 4.79 Å². The van der Waals surface area contributed by atoms with Gasteiger partial charge in [0.2, 0.25) is 5.91 Å². The molecule has 1 amide bonds. The van der Waals surface area contributed by atoms with Gasteiger partial charge in [0, 0.05) is 17.4 Å². The number of hydrogen-bond acceptors (Lipinski definition) is 5. The zero-order valence-electron chi connectivity index (χ0n) is 14.7. The summed E-state index contributed by atoms with van der Waals surface area (Å²) in [6.45, 7) is 0. The van der Waals surface area contributed by atoms with E-state index in [1.165, 1.54) is 18.1 Å². The van der Waals surface area contributed by atoms with Crippen molar-refractivity contribution in [3.05, 3.63) is 72.7 Å². The molecule has 0 fully saturated rings. The molecule has 0 bridgehead atoms. The van der Waals surface area contributed by atoms with E-state index in [-0.39, 0.29) is 11.7 Å². The Balaban J connectivity index is 1.48. The molecule has 28 heavy (non-hydrogen) atoms. The molecule has 0 saturated heterocycles. The summed E-state index contributed by atoms with van der Waals surface area (Å²) in [4.78, 5) is 24.2. The van der Waals surface area contributed by atoms with Crippen molar-refractivity contribution >= 4 is 34.4 Å².